The van der Waals surface area contributed by atoms with E-state index in [0.29, 0.717) is 16.0 Å². The molecule has 0 unspecified atom stereocenters. The number of fused-ring (bicyclic) bond motifs is 1. The Morgan fingerprint density at radius 1 is 1.04 bits per heavy atom. The molecule has 120 valence electrons. The number of rotatable bonds is 2. The Morgan fingerprint density at radius 2 is 1.75 bits per heavy atom. The van der Waals surface area contributed by atoms with Gasteiger partial charge in [-0.2, -0.15) is 10.1 Å². The van der Waals surface area contributed by atoms with Crippen molar-refractivity contribution in [1.29, 1.82) is 0 Å². The van der Waals surface area contributed by atoms with E-state index in [-0.39, 0.29) is 6.04 Å². The molecule has 0 spiro atoms. The Labute approximate surface area is 149 Å². The predicted molar refractivity (Wildman–Crippen MR) is 97.4 cm³/mol. The summed E-state index contributed by atoms with van der Waals surface area (Å²) in [5.74, 6) is 0.661. The van der Waals surface area contributed by atoms with Crippen LogP contribution in [0, 0.1) is 6.92 Å². The summed E-state index contributed by atoms with van der Waals surface area (Å²) in [6.07, 6.45) is 3.59. The molecule has 0 aliphatic carbocycles. The number of aryl methyl sites for hydroxylation is 1. The third-order valence-electron chi connectivity index (χ3n) is 4.07. The van der Waals surface area contributed by atoms with Gasteiger partial charge < -0.3 is 5.32 Å². The molecule has 1 aliphatic rings. The van der Waals surface area contributed by atoms with Gasteiger partial charge in [0, 0.05) is 21.3 Å². The number of nitrogens with one attached hydrogen (secondary N) is 1. The van der Waals surface area contributed by atoms with E-state index in [0.717, 1.165) is 16.8 Å². The van der Waals surface area contributed by atoms with Crippen LogP contribution in [0.5, 0.6) is 0 Å². The fourth-order valence-corrected chi connectivity index (χ4v) is 3.46. The van der Waals surface area contributed by atoms with E-state index in [1.54, 1.807) is 4.68 Å². The highest BCUT2D eigenvalue weighted by molar-refractivity contribution is 6.36. The fourth-order valence-electron chi connectivity index (χ4n) is 2.83. The van der Waals surface area contributed by atoms with E-state index in [1.165, 1.54) is 11.9 Å². The maximum absolute atomic E-state index is 6.42. The molecule has 1 aromatic heterocycles. The van der Waals surface area contributed by atoms with Crippen molar-refractivity contribution in [1.82, 2.24) is 14.8 Å². The zero-order valence-corrected chi connectivity index (χ0v) is 14.4. The second-order valence-electron chi connectivity index (χ2n) is 5.68. The largest absolute Gasteiger partial charge is 0.324 e. The molecule has 2 heterocycles. The quantitative estimate of drug-likeness (QED) is 0.706. The minimum Gasteiger partial charge on any atom is -0.324 e. The molecule has 6 heteroatoms. The first-order valence-corrected chi connectivity index (χ1v) is 8.28. The number of allylic oxidation sites excluding steroid dienone is 1. The first-order chi connectivity index (χ1) is 11.6. The standard InChI is InChI=1S/C18H14Cl2N4/c1-11-5-7-12(8-6-11)15-9-16(24-18(23-15)21-10-22-24)17-13(19)3-2-4-14(17)20/h2-10,16H,1H3,(H,21,22,23)/t16-/m0/s1. The Hall–Kier alpha value is -2.30. The van der Waals surface area contributed by atoms with Crippen molar-refractivity contribution in [2.24, 2.45) is 0 Å². The molecular formula is C18H14Cl2N4. The molecule has 1 N–H and O–H groups in total. The summed E-state index contributed by atoms with van der Waals surface area (Å²) in [6.45, 7) is 2.06. The van der Waals surface area contributed by atoms with Crippen LogP contribution in [0.2, 0.25) is 10.0 Å². The molecule has 1 aliphatic heterocycles. The van der Waals surface area contributed by atoms with Gasteiger partial charge in [0.05, 0.1) is 0 Å². The van der Waals surface area contributed by atoms with Crippen molar-refractivity contribution < 1.29 is 0 Å². The van der Waals surface area contributed by atoms with E-state index in [2.05, 4.69) is 52.7 Å². The highest BCUT2D eigenvalue weighted by Crippen LogP contribution is 2.38. The molecule has 0 radical (unpaired) electrons. The maximum Gasteiger partial charge on any atom is 0.226 e. The SMILES string of the molecule is Cc1ccc(C2=C[C@@H](c3c(Cl)cccc3Cl)n3ncnc3N2)cc1. The second kappa shape index (κ2) is 5.96. The lowest BCUT2D eigenvalue weighted by Crippen LogP contribution is -2.20. The first-order valence-electron chi connectivity index (χ1n) is 7.53. The lowest BCUT2D eigenvalue weighted by molar-refractivity contribution is 0.612. The maximum atomic E-state index is 6.42. The van der Waals surface area contributed by atoms with Gasteiger partial charge in [-0.25, -0.2) is 4.68 Å². The fraction of sp³-hybridized carbons (Fsp3) is 0.111. The van der Waals surface area contributed by atoms with E-state index < -0.39 is 0 Å². The first kappa shape index (κ1) is 15.2. The third kappa shape index (κ3) is 2.58. The van der Waals surface area contributed by atoms with Crippen LogP contribution in [0.3, 0.4) is 0 Å². The van der Waals surface area contributed by atoms with Gasteiger partial charge in [-0.1, -0.05) is 59.1 Å². The van der Waals surface area contributed by atoms with Gasteiger partial charge in [0.1, 0.15) is 12.4 Å². The predicted octanol–water partition coefficient (Wildman–Crippen LogP) is 4.95. The normalized spacial score (nSPS) is 16.3. The lowest BCUT2D eigenvalue weighted by atomic mass is 10.0. The van der Waals surface area contributed by atoms with Crippen molar-refractivity contribution in [2.75, 3.05) is 5.32 Å². The van der Waals surface area contributed by atoms with Gasteiger partial charge in [0.25, 0.3) is 0 Å². The summed E-state index contributed by atoms with van der Waals surface area (Å²) in [6, 6.07) is 13.6. The van der Waals surface area contributed by atoms with Crippen LogP contribution in [0.1, 0.15) is 22.7 Å². The molecule has 1 atom stereocenters. The summed E-state index contributed by atoms with van der Waals surface area (Å²) in [5, 5.41) is 8.85. The van der Waals surface area contributed by atoms with Crippen LogP contribution in [0.4, 0.5) is 5.95 Å². The van der Waals surface area contributed by atoms with Crippen molar-refractivity contribution in [3.8, 4) is 0 Å². The minimum atomic E-state index is -0.221. The summed E-state index contributed by atoms with van der Waals surface area (Å²) in [7, 11) is 0. The molecular weight excluding hydrogens is 343 g/mol. The zero-order valence-electron chi connectivity index (χ0n) is 12.9. The molecule has 24 heavy (non-hydrogen) atoms. The topological polar surface area (TPSA) is 42.7 Å². The minimum absolute atomic E-state index is 0.221. The zero-order chi connectivity index (χ0) is 16.7. The summed E-state index contributed by atoms with van der Waals surface area (Å²) in [5.41, 5.74) is 4.06. The molecule has 0 saturated heterocycles. The van der Waals surface area contributed by atoms with Gasteiger partial charge in [0.2, 0.25) is 5.95 Å². The Kier molecular flexibility index (Phi) is 3.79. The number of halogens is 2. The number of nitrogens with zero attached hydrogens (tertiary/aromatic N) is 3. The molecule has 0 fully saturated rings. The summed E-state index contributed by atoms with van der Waals surface area (Å²) in [4.78, 5) is 4.30. The van der Waals surface area contributed by atoms with Gasteiger partial charge in [-0.05, 0) is 30.7 Å². The second-order valence-corrected chi connectivity index (χ2v) is 6.49. The van der Waals surface area contributed by atoms with Crippen LogP contribution in [-0.4, -0.2) is 14.8 Å². The number of anilines is 1. The highest BCUT2D eigenvalue weighted by atomic mass is 35.5. The highest BCUT2D eigenvalue weighted by Gasteiger charge is 2.26. The molecule has 3 aromatic rings. The smallest absolute Gasteiger partial charge is 0.226 e. The van der Waals surface area contributed by atoms with Crippen molar-refractivity contribution in [2.45, 2.75) is 13.0 Å². The van der Waals surface area contributed by atoms with Gasteiger partial charge in [-0.15, -0.1) is 0 Å². The molecule has 0 bridgehead atoms. The number of hydrogen-bond donors (Lipinski definition) is 1. The van der Waals surface area contributed by atoms with Crippen LogP contribution < -0.4 is 5.32 Å². The Bertz CT molecular complexity index is 908. The lowest BCUT2D eigenvalue weighted by Gasteiger charge is -2.25. The molecule has 2 aromatic carbocycles. The Morgan fingerprint density at radius 3 is 2.46 bits per heavy atom. The van der Waals surface area contributed by atoms with E-state index in [4.69, 9.17) is 23.2 Å². The molecule has 4 nitrogen and oxygen atoms in total. The number of hydrogen-bond acceptors (Lipinski definition) is 3. The molecule has 4 rings (SSSR count). The van der Waals surface area contributed by atoms with E-state index >= 15 is 0 Å². The van der Waals surface area contributed by atoms with Crippen LogP contribution in [-0.2, 0) is 0 Å². The van der Waals surface area contributed by atoms with Crippen LogP contribution >= 0.6 is 23.2 Å². The number of benzene rings is 2. The average molecular weight is 357 g/mol. The van der Waals surface area contributed by atoms with Crippen molar-refractivity contribution >= 4 is 34.8 Å². The van der Waals surface area contributed by atoms with Crippen molar-refractivity contribution in [3.05, 3.63) is 81.6 Å². The molecule has 0 amide bonds. The Balaban J connectivity index is 1.87. The van der Waals surface area contributed by atoms with E-state index in [1.807, 2.05) is 18.2 Å². The van der Waals surface area contributed by atoms with E-state index in [9.17, 15) is 0 Å². The van der Waals surface area contributed by atoms with Gasteiger partial charge >= 0.3 is 0 Å². The van der Waals surface area contributed by atoms with Gasteiger partial charge in [-0.3, -0.25) is 0 Å². The van der Waals surface area contributed by atoms with Crippen LogP contribution in [0.25, 0.3) is 5.70 Å². The average Bonchev–Trinajstić information content (AvgIpc) is 3.04. The van der Waals surface area contributed by atoms with Crippen LogP contribution in [0.15, 0.2) is 54.9 Å². The monoisotopic (exact) mass is 356 g/mol. The summed E-state index contributed by atoms with van der Waals surface area (Å²) < 4.78 is 1.78. The van der Waals surface area contributed by atoms with Crippen molar-refractivity contribution in [3.63, 3.8) is 0 Å². The summed E-state index contributed by atoms with van der Waals surface area (Å²) >= 11 is 12.8. The number of aromatic nitrogens is 3. The van der Waals surface area contributed by atoms with Gasteiger partial charge in [0.15, 0.2) is 0 Å². The molecule has 0 saturated carbocycles. The third-order valence-corrected chi connectivity index (χ3v) is 4.72.